The zero-order valence-corrected chi connectivity index (χ0v) is 37.4. The van der Waals surface area contributed by atoms with Gasteiger partial charge in [-0.05, 0) is 113 Å². The fourth-order valence-electron chi connectivity index (χ4n) is 10.7. The maximum atomic E-state index is 6.37. The standard InChI is InChI=1S/C66H40N2O/c1-3-20-51-42(12-1)14-9-23-53(51)48-32-34-56-57-35-33-49(54-24-10-15-43-13-2-4-21-52(43)54)39-61(57)65-64(60(56)38-48)67-40-62(68-65)50-19-8-18-47(37-50)46-17-7-16-45(36-46)41-28-30-44(31-29-41)55-25-11-26-59-58-22-5-6-27-63(58)69-66(55)59/h1-40H. The molecule has 0 N–H and O–H groups in total. The Bertz CT molecular complexity index is 4360. The highest BCUT2D eigenvalue weighted by Gasteiger charge is 2.17. The third-order valence-corrected chi connectivity index (χ3v) is 14.1. The number of benzene rings is 12. The van der Waals surface area contributed by atoms with Crippen LogP contribution in [0.4, 0.5) is 0 Å². The molecule has 3 nitrogen and oxygen atoms in total. The van der Waals surface area contributed by atoms with E-state index in [0.717, 1.165) is 110 Å². The molecule has 0 atom stereocenters. The summed E-state index contributed by atoms with van der Waals surface area (Å²) in [5, 5.41) is 11.7. The first-order valence-electron chi connectivity index (χ1n) is 23.5. The van der Waals surface area contributed by atoms with Gasteiger partial charge in [0.15, 0.2) is 0 Å². The molecule has 14 aromatic rings. The van der Waals surface area contributed by atoms with E-state index in [2.05, 4.69) is 224 Å². The van der Waals surface area contributed by atoms with Gasteiger partial charge in [0.2, 0.25) is 0 Å². The van der Waals surface area contributed by atoms with Gasteiger partial charge >= 0.3 is 0 Å². The highest BCUT2D eigenvalue weighted by Crippen LogP contribution is 2.42. The van der Waals surface area contributed by atoms with Gasteiger partial charge in [0.05, 0.1) is 22.9 Å². The quantitative estimate of drug-likeness (QED) is 0.156. The molecule has 69 heavy (non-hydrogen) atoms. The first kappa shape index (κ1) is 39.0. The molecule has 0 aliphatic rings. The first-order chi connectivity index (χ1) is 34.2. The summed E-state index contributed by atoms with van der Waals surface area (Å²) < 4.78 is 6.37. The van der Waals surface area contributed by atoms with E-state index in [1.165, 1.54) is 32.7 Å². The minimum atomic E-state index is 0.831. The number of nitrogens with zero attached hydrogens (tertiary/aromatic N) is 2. The Kier molecular flexibility index (Phi) is 8.90. The SMILES string of the molecule is c1cc(-c2ccc(-c3cccc4c3oc3ccccc34)cc2)cc(-c2cccc(-c3cnc4c5cc(-c6cccc7ccccc67)ccc5c5ccc(-c6cccc7ccccc67)cc5c4n3)c2)c1. The molecule has 320 valence electrons. The number of aromatic nitrogens is 2. The maximum Gasteiger partial charge on any atom is 0.143 e. The van der Waals surface area contributed by atoms with Gasteiger partial charge in [-0.3, -0.25) is 4.98 Å². The van der Waals surface area contributed by atoms with Crippen molar-refractivity contribution >= 4 is 76.1 Å². The molecule has 0 amide bonds. The lowest BCUT2D eigenvalue weighted by Crippen LogP contribution is -1.94. The summed E-state index contributed by atoms with van der Waals surface area (Å²) >= 11 is 0. The van der Waals surface area contributed by atoms with Crippen molar-refractivity contribution in [1.29, 1.82) is 0 Å². The molecule has 0 saturated heterocycles. The van der Waals surface area contributed by atoms with Crippen LogP contribution in [0, 0.1) is 0 Å². The second-order valence-electron chi connectivity index (χ2n) is 18.0. The van der Waals surface area contributed by atoms with Gasteiger partial charge in [-0.2, -0.15) is 0 Å². The van der Waals surface area contributed by atoms with E-state index in [9.17, 15) is 0 Å². The highest BCUT2D eigenvalue weighted by atomic mass is 16.3. The summed E-state index contributed by atoms with van der Waals surface area (Å²) in [4.78, 5) is 10.9. The molecule has 0 unspecified atom stereocenters. The van der Waals surface area contributed by atoms with Crippen molar-refractivity contribution in [2.75, 3.05) is 0 Å². The molecule has 14 rings (SSSR count). The second kappa shape index (κ2) is 15.7. The monoisotopic (exact) mass is 876 g/mol. The lowest BCUT2D eigenvalue weighted by atomic mass is 9.91. The number of fused-ring (bicyclic) bond motifs is 11. The molecule has 2 heterocycles. The van der Waals surface area contributed by atoms with Crippen LogP contribution in [0.25, 0.3) is 143 Å². The summed E-state index contributed by atoms with van der Waals surface area (Å²) in [5.41, 5.74) is 16.9. The highest BCUT2D eigenvalue weighted by molar-refractivity contribution is 6.25. The van der Waals surface area contributed by atoms with Gasteiger partial charge < -0.3 is 4.42 Å². The smallest absolute Gasteiger partial charge is 0.143 e. The summed E-state index contributed by atoms with van der Waals surface area (Å²) in [6.07, 6.45) is 1.95. The minimum Gasteiger partial charge on any atom is -0.455 e. The Morgan fingerprint density at radius 2 is 0.754 bits per heavy atom. The van der Waals surface area contributed by atoms with Gasteiger partial charge in [-0.15, -0.1) is 0 Å². The van der Waals surface area contributed by atoms with E-state index >= 15 is 0 Å². The lowest BCUT2D eigenvalue weighted by molar-refractivity contribution is 0.670. The van der Waals surface area contributed by atoms with Crippen LogP contribution in [0.3, 0.4) is 0 Å². The largest absolute Gasteiger partial charge is 0.455 e. The Morgan fingerprint density at radius 3 is 1.43 bits per heavy atom. The average Bonchev–Trinajstić information content (AvgIpc) is 3.82. The van der Waals surface area contributed by atoms with Crippen LogP contribution in [-0.2, 0) is 0 Å². The Hall–Kier alpha value is -9.18. The van der Waals surface area contributed by atoms with E-state index in [1.807, 2.05) is 18.3 Å². The summed E-state index contributed by atoms with van der Waals surface area (Å²) in [6, 6.07) is 85.0. The normalized spacial score (nSPS) is 11.8. The van der Waals surface area contributed by atoms with Crippen LogP contribution < -0.4 is 0 Å². The first-order valence-corrected chi connectivity index (χ1v) is 23.5. The van der Waals surface area contributed by atoms with Crippen molar-refractivity contribution in [3.05, 3.63) is 243 Å². The molecule has 0 radical (unpaired) electrons. The second-order valence-corrected chi connectivity index (χ2v) is 18.0. The number of hydrogen-bond donors (Lipinski definition) is 0. The molecule has 0 fully saturated rings. The van der Waals surface area contributed by atoms with Crippen LogP contribution in [0.15, 0.2) is 247 Å². The van der Waals surface area contributed by atoms with Crippen molar-refractivity contribution in [1.82, 2.24) is 9.97 Å². The van der Waals surface area contributed by atoms with E-state index in [-0.39, 0.29) is 0 Å². The van der Waals surface area contributed by atoms with Gasteiger partial charge in [-0.1, -0.05) is 206 Å². The summed E-state index contributed by atoms with van der Waals surface area (Å²) in [5.74, 6) is 0. The molecule has 0 spiro atoms. The molecule has 12 aromatic carbocycles. The van der Waals surface area contributed by atoms with E-state index < -0.39 is 0 Å². The molecule has 0 aliphatic carbocycles. The molecule has 3 heteroatoms. The molecular formula is C66H40N2O. The zero-order chi connectivity index (χ0) is 45.4. The van der Waals surface area contributed by atoms with E-state index in [1.54, 1.807) is 0 Å². The minimum absolute atomic E-state index is 0.831. The summed E-state index contributed by atoms with van der Waals surface area (Å²) in [6.45, 7) is 0. The van der Waals surface area contributed by atoms with Crippen molar-refractivity contribution in [2.24, 2.45) is 0 Å². The third kappa shape index (κ3) is 6.51. The molecule has 2 aromatic heterocycles. The number of rotatable bonds is 6. The van der Waals surface area contributed by atoms with E-state index in [0.29, 0.717) is 0 Å². The van der Waals surface area contributed by atoms with Crippen LogP contribution in [0.2, 0.25) is 0 Å². The van der Waals surface area contributed by atoms with Gasteiger partial charge in [-0.25, -0.2) is 4.98 Å². The van der Waals surface area contributed by atoms with Crippen LogP contribution in [0.1, 0.15) is 0 Å². The van der Waals surface area contributed by atoms with Gasteiger partial charge in [0, 0.05) is 32.7 Å². The predicted molar refractivity (Wildman–Crippen MR) is 289 cm³/mol. The van der Waals surface area contributed by atoms with Gasteiger partial charge in [0.1, 0.15) is 11.2 Å². The fraction of sp³-hybridized carbons (Fsp3) is 0. The van der Waals surface area contributed by atoms with Crippen molar-refractivity contribution in [3.8, 4) is 66.9 Å². The lowest BCUT2D eigenvalue weighted by Gasteiger charge is -2.15. The number of furan rings is 1. The fourth-order valence-corrected chi connectivity index (χ4v) is 10.7. The third-order valence-electron chi connectivity index (χ3n) is 14.1. The van der Waals surface area contributed by atoms with Crippen molar-refractivity contribution in [2.45, 2.75) is 0 Å². The van der Waals surface area contributed by atoms with Crippen molar-refractivity contribution < 1.29 is 4.42 Å². The molecule has 0 aliphatic heterocycles. The van der Waals surface area contributed by atoms with Crippen LogP contribution >= 0.6 is 0 Å². The number of hydrogen-bond acceptors (Lipinski definition) is 3. The maximum absolute atomic E-state index is 6.37. The molecule has 0 saturated carbocycles. The van der Waals surface area contributed by atoms with Crippen molar-refractivity contribution in [3.63, 3.8) is 0 Å². The number of para-hydroxylation sites is 2. The predicted octanol–water partition coefficient (Wildman–Crippen LogP) is 18.1. The Balaban J connectivity index is 0.872. The Labute approximate surface area is 398 Å². The van der Waals surface area contributed by atoms with Crippen LogP contribution in [-0.4, -0.2) is 9.97 Å². The molecule has 0 bridgehead atoms. The van der Waals surface area contributed by atoms with Gasteiger partial charge in [0.25, 0.3) is 0 Å². The van der Waals surface area contributed by atoms with Crippen LogP contribution in [0.5, 0.6) is 0 Å². The summed E-state index contributed by atoms with van der Waals surface area (Å²) in [7, 11) is 0. The Morgan fingerprint density at radius 1 is 0.275 bits per heavy atom. The zero-order valence-electron chi connectivity index (χ0n) is 37.4. The van der Waals surface area contributed by atoms with E-state index in [4.69, 9.17) is 14.4 Å². The molecular weight excluding hydrogens is 837 g/mol. The topological polar surface area (TPSA) is 38.9 Å². The average molecular weight is 877 g/mol.